The standard InChI is InChI=1S/C20H22F2N6O/c1-14-6-10-28(27-14)18-12-15(13-29-19-3-2-9-23-26-19)11-17(25-18)24-16-4-7-20(21,22)8-5-16/h2-3,6,9-12,16H,4-5,7-8,13H2,1H3,(H,24,25). The predicted octanol–water partition coefficient (Wildman–Crippen LogP) is 3.93. The van der Waals surface area contributed by atoms with E-state index in [-0.39, 0.29) is 25.5 Å². The second kappa shape index (κ2) is 8.10. The van der Waals surface area contributed by atoms with E-state index < -0.39 is 5.92 Å². The van der Waals surface area contributed by atoms with Crippen LogP contribution in [0.25, 0.3) is 5.82 Å². The molecule has 9 heteroatoms. The van der Waals surface area contributed by atoms with E-state index in [1.54, 1.807) is 23.0 Å². The van der Waals surface area contributed by atoms with Crippen LogP contribution >= 0.6 is 0 Å². The van der Waals surface area contributed by atoms with Crippen LogP contribution in [0, 0.1) is 6.92 Å². The highest BCUT2D eigenvalue weighted by Gasteiger charge is 2.34. The Kier molecular flexibility index (Phi) is 5.37. The molecule has 3 heterocycles. The zero-order valence-electron chi connectivity index (χ0n) is 16.1. The number of anilines is 1. The SMILES string of the molecule is Cc1ccn(-c2cc(COc3cccnn3)cc(NC3CCC(F)(F)CC3)n2)n1. The van der Waals surface area contributed by atoms with Gasteiger partial charge in [0.25, 0.3) is 0 Å². The third-order valence-electron chi connectivity index (χ3n) is 4.83. The molecule has 0 radical (unpaired) electrons. The summed E-state index contributed by atoms with van der Waals surface area (Å²) < 4.78 is 34.3. The molecule has 0 aromatic carbocycles. The van der Waals surface area contributed by atoms with Crippen LogP contribution in [-0.4, -0.2) is 36.9 Å². The molecule has 7 nitrogen and oxygen atoms in total. The Morgan fingerprint density at radius 3 is 2.76 bits per heavy atom. The van der Waals surface area contributed by atoms with Crippen molar-refractivity contribution in [2.24, 2.45) is 0 Å². The van der Waals surface area contributed by atoms with Gasteiger partial charge in [0.2, 0.25) is 11.8 Å². The first-order valence-electron chi connectivity index (χ1n) is 9.55. The smallest absolute Gasteiger partial charge is 0.248 e. The van der Waals surface area contributed by atoms with Gasteiger partial charge in [-0.1, -0.05) is 0 Å². The fourth-order valence-electron chi connectivity index (χ4n) is 3.30. The Morgan fingerprint density at radius 2 is 2.07 bits per heavy atom. The maximum Gasteiger partial charge on any atom is 0.248 e. The van der Waals surface area contributed by atoms with E-state index >= 15 is 0 Å². The number of nitrogens with one attached hydrogen (secondary N) is 1. The summed E-state index contributed by atoms with van der Waals surface area (Å²) in [6.45, 7) is 2.17. The average Bonchev–Trinajstić information content (AvgIpc) is 3.15. The molecule has 1 N–H and O–H groups in total. The number of pyridine rings is 1. The van der Waals surface area contributed by atoms with Crippen molar-refractivity contribution in [1.82, 2.24) is 25.0 Å². The first-order chi connectivity index (χ1) is 14.0. The molecule has 1 saturated carbocycles. The zero-order valence-corrected chi connectivity index (χ0v) is 16.1. The number of ether oxygens (including phenoxy) is 1. The van der Waals surface area contributed by atoms with Gasteiger partial charge in [0.1, 0.15) is 12.4 Å². The van der Waals surface area contributed by atoms with Gasteiger partial charge in [-0.25, -0.2) is 18.4 Å². The Morgan fingerprint density at radius 1 is 1.24 bits per heavy atom. The lowest BCUT2D eigenvalue weighted by atomic mass is 9.92. The molecule has 3 aromatic rings. The number of halogens is 2. The summed E-state index contributed by atoms with van der Waals surface area (Å²) in [4.78, 5) is 4.62. The van der Waals surface area contributed by atoms with Crippen LogP contribution in [0.4, 0.5) is 14.6 Å². The lowest BCUT2D eigenvalue weighted by Crippen LogP contribution is -2.32. The van der Waals surface area contributed by atoms with Gasteiger partial charge in [0.05, 0.1) is 5.69 Å². The molecule has 1 aliphatic rings. The monoisotopic (exact) mass is 400 g/mol. The highest BCUT2D eigenvalue weighted by molar-refractivity contribution is 5.44. The van der Waals surface area contributed by atoms with Gasteiger partial charge in [-0.05, 0) is 49.6 Å². The normalized spacial score (nSPS) is 16.5. The van der Waals surface area contributed by atoms with Crippen LogP contribution in [0.3, 0.4) is 0 Å². The molecule has 0 aliphatic heterocycles. The Hall–Kier alpha value is -3.10. The van der Waals surface area contributed by atoms with Crippen molar-refractivity contribution in [3.8, 4) is 11.7 Å². The molecule has 1 aliphatic carbocycles. The van der Waals surface area contributed by atoms with Crippen LogP contribution in [0.15, 0.2) is 42.7 Å². The molecular weight excluding hydrogens is 378 g/mol. The van der Waals surface area contributed by atoms with Gasteiger partial charge in [-0.3, -0.25) is 0 Å². The first-order valence-corrected chi connectivity index (χ1v) is 9.55. The molecular formula is C20H22F2N6O. The number of aryl methyl sites for hydroxylation is 1. The van der Waals surface area contributed by atoms with Crippen molar-refractivity contribution >= 4 is 5.82 Å². The second-order valence-corrected chi connectivity index (χ2v) is 7.25. The number of hydrogen-bond donors (Lipinski definition) is 1. The van der Waals surface area contributed by atoms with Crippen molar-refractivity contribution in [1.29, 1.82) is 0 Å². The maximum absolute atomic E-state index is 13.4. The highest BCUT2D eigenvalue weighted by atomic mass is 19.3. The van der Waals surface area contributed by atoms with E-state index in [2.05, 4.69) is 25.6 Å². The zero-order chi connectivity index (χ0) is 20.3. The van der Waals surface area contributed by atoms with Gasteiger partial charge in [0.15, 0.2) is 5.82 Å². The van der Waals surface area contributed by atoms with Crippen LogP contribution in [0.5, 0.6) is 5.88 Å². The molecule has 1 fully saturated rings. The second-order valence-electron chi connectivity index (χ2n) is 7.25. The van der Waals surface area contributed by atoms with Crippen LogP contribution in [0.2, 0.25) is 0 Å². The summed E-state index contributed by atoms with van der Waals surface area (Å²) in [5.41, 5.74) is 1.73. The third-order valence-corrected chi connectivity index (χ3v) is 4.83. The van der Waals surface area contributed by atoms with E-state index in [4.69, 9.17) is 4.74 Å². The minimum absolute atomic E-state index is 0.0366. The van der Waals surface area contributed by atoms with Crippen molar-refractivity contribution in [2.75, 3.05) is 5.32 Å². The van der Waals surface area contributed by atoms with E-state index in [0.717, 1.165) is 11.3 Å². The molecule has 0 amide bonds. The van der Waals surface area contributed by atoms with Gasteiger partial charge < -0.3 is 10.1 Å². The Balaban J connectivity index is 1.54. The van der Waals surface area contributed by atoms with Gasteiger partial charge >= 0.3 is 0 Å². The number of rotatable bonds is 6. The summed E-state index contributed by atoms with van der Waals surface area (Å²) in [5.74, 6) is -0.897. The molecule has 0 bridgehead atoms. The van der Waals surface area contributed by atoms with Crippen molar-refractivity contribution in [3.05, 3.63) is 54.0 Å². The van der Waals surface area contributed by atoms with Crippen LogP contribution in [-0.2, 0) is 6.61 Å². The van der Waals surface area contributed by atoms with E-state index in [1.807, 2.05) is 31.3 Å². The largest absolute Gasteiger partial charge is 0.472 e. The highest BCUT2D eigenvalue weighted by Crippen LogP contribution is 2.34. The van der Waals surface area contributed by atoms with Gasteiger partial charge in [-0.15, -0.1) is 5.10 Å². The molecule has 29 heavy (non-hydrogen) atoms. The molecule has 152 valence electrons. The lowest BCUT2D eigenvalue weighted by molar-refractivity contribution is -0.0361. The third kappa shape index (κ3) is 5.04. The number of nitrogens with zero attached hydrogens (tertiary/aromatic N) is 5. The first kappa shape index (κ1) is 19.2. The predicted molar refractivity (Wildman–Crippen MR) is 103 cm³/mol. The maximum atomic E-state index is 13.4. The molecule has 3 aromatic heterocycles. The van der Waals surface area contributed by atoms with Crippen molar-refractivity contribution in [2.45, 2.75) is 51.2 Å². The van der Waals surface area contributed by atoms with Gasteiger partial charge in [-0.2, -0.15) is 10.2 Å². The number of alkyl halides is 2. The summed E-state index contributed by atoms with van der Waals surface area (Å²) in [5, 5.41) is 15.4. The van der Waals surface area contributed by atoms with E-state index in [1.165, 1.54) is 0 Å². The Bertz CT molecular complexity index is 953. The van der Waals surface area contributed by atoms with E-state index in [0.29, 0.717) is 30.4 Å². The van der Waals surface area contributed by atoms with Crippen LogP contribution in [0.1, 0.15) is 36.9 Å². The minimum atomic E-state index is -2.56. The molecule has 0 unspecified atom stereocenters. The number of aromatic nitrogens is 5. The van der Waals surface area contributed by atoms with Crippen LogP contribution < -0.4 is 10.1 Å². The molecule has 4 rings (SSSR count). The van der Waals surface area contributed by atoms with Crippen molar-refractivity contribution < 1.29 is 13.5 Å². The minimum Gasteiger partial charge on any atom is -0.472 e. The average molecular weight is 400 g/mol. The van der Waals surface area contributed by atoms with Crippen molar-refractivity contribution in [3.63, 3.8) is 0 Å². The lowest BCUT2D eigenvalue weighted by Gasteiger charge is -2.29. The Labute approximate surface area is 167 Å². The summed E-state index contributed by atoms with van der Waals surface area (Å²) in [7, 11) is 0. The summed E-state index contributed by atoms with van der Waals surface area (Å²) >= 11 is 0. The summed E-state index contributed by atoms with van der Waals surface area (Å²) in [6.07, 6.45) is 4.01. The molecule has 0 saturated heterocycles. The summed E-state index contributed by atoms with van der Waals surface area (Å²) in [6, 6.07) is 9.07. The quantitative estimate of drug-likeness (QED) is 0.675. The fraction of sp³-hybridized carbons (Fsp3) is 0.400. The number of hydrogen-bond acceptors (Lipinski definition) is 6. The fourth-order valence-corrected chi connectivity index (χ4v) is 3.30. The van der Waals surface area contributed by atoms with Gasteiger partial charge in [0, 0.05) is 37.3 Å². The van der Waals surface area contributed by atoms with E-state index in [9.17, 15) is 8.78 Å². The topological polar surface area (TPSA) is 77.8 Å². The molecule has 0 spiro atoms. The molecule has 0 atom stereocenters.